The van der Waals surface area contributed by atoms with Crippen molar-refractivity contribution in [1.82, 2.24) is 9.88 Å². The second kappa shape index (κ2) is 7.62. The topological polar surface area (TPSA) is 48.5 Å². The fourth-order valence-electron chi connectivity index (χ4n) is 3.31. The molecule has 7 heteroatoms. The van der Waals surface area contributed by atoms with Gasteiger partial charge >= 0.3 is 6.03 Å². The molecule has 1 aromatic heterocycles. The molecule has 1 N–H and O–H groups in total. The van der Waals surface area contributed by atoms with Crippen LogP contribution in [0.1, 0.15) is 0 Å². The molecular weight excluding hydrogens is 383 g/mol. The summed E-state index contributed by atoms with van der Waals surface area (Å²) >= 11 is 12.5. The molecule has 1 aliphatic rings. The van der Waals surface area contributed by atoms with Crippen LogP contribution in [0.15, 0.2) is 54.9 Å². The minimum Gasteiger partial charge on any atom is -0.365 e. The maximum absolute atomic E-state index is 12.6. The number of urea groups is 1. The van der Waals surface area contributed by atoms with Crippen molar-refractivity contribution in [3.8, 4) is 0 Å². The van der Waals surface area contributed by atoms with E-state index in [0.29, 0.717) is 36.2 Å². The van der Waals surface area contributed by atoms with Gasteiger partial charge in [0.1, 0.15) is 0 Å². The molecule has 0 unspecified atom stereocenters. The number of carbonyl (C=O) groups is 1. The highest BCUT2D eigenvalue weighted by molar-refractivity contribution is 6.38. The zero-order valence-corrected chi connectivity index (χ0v) is 16.0. The summed E-state index contributed by atoms with van der Waals surface area (Å²) in [5.41, 5.74) is 1.57. The molecule has 1 aliphatic heterocycles. The van der Waals surface area contributed by atoms with Crippen molar-refractivity contribution in [1.29, 1.82) is 0 Å². The van der Waals surface area contributed by atoms with E-state index in [-0.39, 0.29) is 6.03 Å². The van der Waals surface area contributed by atoms with Crippen molar-refractivity contribution >= 4 is 51.4 Å². The molecular formula is C20H18Cl2N4O. The Bertz CT molecular complexity index is 966. The van der Waals surface area contributed by atoms with E-state index in [1.165, 1.54) is 0 Å². The molecule has 4 rings (SSSR count). The number of nitrogens with one attached hydrogen (secondary N) is 1. The molecule has 0 bridgehead atoms. The molecule has 0 atom stereocenters. The van der Waals surface area contributed by atoms with Crippen molar-refractivity contribution in [2.75, 3.05) is 36.4 Å². The molecule has 0 aliphatic carbocycles. The molecule has 27 heavy (non-hydrogen) atoms. The molecule has 5 nitrogen and oxygen atoms in total. The van der Waals surface area contributed by atoms with Gasteiger partial charge in [0.15, 0.2) is 0 Å². The Morgan fingerprint density at radius 2 is 1.59 bits per heavy atom. The monoisotopic (exact) mass is 400 g/mol. The van der Waals surface area contributed by atoms with Gasteiger partial charge in [0.25, 0.3) is 0 Å². The van der Waals surface area contributed by atoms with Gasteiger partial charge < -0.3 is 15.1 Å². The lowest BCUT2D eigenvalue weighted by molar-refractivity contribution is 0.208. The SMILES string of the molecule is O=C(Nc1ccc2ccccc2c1)N1CCN(c2c(Cl)cncc2Cl)CC1. The minimum absolute atomic E-state index is 0.100. The molecule has 0 spiro atoms. The first-order chi connectivity index (χ1) is 13.1. The number of fused-ring (bicyclic) bond motifs is 1. The average Bonchev–Trinajstić information content (AvgIpc) is 2.68. The van der Waals surface area contributed by atoms with Crippen molar-refractivity contribution in [2.24, 2.45) is 0 Å². The van der Waals surface area contributed by atoms with Crippen LogP contribution >= 0.6 is 23.2 Å². The van der Waals surface area contributed by atoms with Gasteiger partial charge in [-0.2, -0.15) is 0 Å². The Labute approximate surface area is 167 Å². The van der Waals surface area contributed by atoms with E-state index in [9.17, 15) is 4.79 Å². The van der Waals surface area contributed by atoms with Crippen LogP contribution in [0.4, 0.5) is 16.2 Å². The third kappa shape index (κ3) is 3.80. The van der Waals surface area contributed by atoms with E-state index < -0.39 is 0 Å². The Balaban J connectivity index is 1.41. The first-order valence-corrected chi connectivity index (χ1v) is 9.46. The van der Waals surface area contributed by atoms with Gasteiger partial charge in [-0.1, -0.05) is 53.5 Å². The largest absolute Gasteiger partial charge is 0.365 e. The van der Waals surface area contributed by atoms with E-state index in [4.69, 9.17) is 23.2 Å². The number of pyridine rings is 1. The number of carbonyl (C=O) groups excluding carboxylic acids is 1. The van der Waals surface area contributed by atoms with E-state index in [1.807, 2.05) is 36.4 Å². The van der Waals surface area contributed by atoms with Crippen molar-refractivity contribution in [2.45, 2.75) is 0 Å². The highest BCUT2D eigenvalue weighted by atomic mass is 35.5. The van der Waals surface area contributed by atoms with Crippen molar-refractivity contribution in [3.63, 3.8) is 0 Å². The van der Waals surface area contributed by atoms with Gasteiger partial charge in [-0.05, 0) is 22.9 Å². The number of amides is 2. The lowest BCUT2D eigenvalue weighted by Crippen LogP contribution is -2.50. The molecule has 1 saturated heterocycles. The van der Waals surface area contributed by atoms with Crippen LogP contribution in [0.5, 0.6) is 0 Å². The van der Waals surface area contributed by atoms with Crippen LogP contribution in [0.3, 0.4) is 0 Å². The Hall–Kier alpha value is -2.50. The highest BCUT2D eigenvalue weighted by Crippen LogP contribution is 2.33. The highest BCUT2D eigenvalue weighted by Gasteiger charge is 2.24. The van der Waals surface area contributed by atoms with Crippen molar-refractivity contribution < 1.29 is 4.79 Å². The summed E-state index contributed by atoms with van der Waals surface area (Å²) in [6.45, 7) is 2.51. The summed E-state index contributed by atoms with van der Waals surface area (Å²) in [5.74, 6) is 0. The van der Waals surface area contributed by atoms with E-state index >= 15 is 0 Å². The molecule has 138 valence electrons. The summed E-state index contributed by atoms with van der Waals surface area (Å²) in [6, 6.07) is 13.9. The summed E-state index contributed by atoms with van der Waals surface area (Å²) < 4.78 is 0. The van der Waals surface area contributed by atoms with Crippen LogP contribution in [0.25, 0.3) is 10.8 Å². The molecule has 2 heterocycles. The number of aromatic nitrogens is 1. The number of piperazine rings is 1. The predicted octanol–water partition coefficient (Wildman–Crippen LogP) is 4.90. The zero-order valence-electron chi connectivity index (χ0n) is 14.5. The van der Waals surface area contributed by atoms with E-state index in [1.54, 1.807) is 17.3 Å². The van der Waals surface area contributed by atoms with Crippen LogP contribution in [0.2, 0.25) is 10.0 Å². The molecule has 2 aromatic carbocycles. The third-order valence-corrected chi connectivity index (χ3v) is 5.27. The smallest absolute Gasteiger partial charge is 0.321 e. The van der Waals surface area contributed by atoms with Gasteiger partial charge in [-0.15, -0.1) is 0 Å². The van der Waals surface area contributed by atoms with Crippen LogP contribution in [0, 0.1) is 0 Å². The van der Waals surface area contributed by atoms with Gasteiger partial charge in [-0.25, -0.2) is 4.79 Å². The van der Waals surface area contributed by atoms with Crippen molar-refractivity contribution in [3.05, 3.63) is 64.9 Å². The lowest BCUT2D eigenvalue weighted by Gasteiger charge is -2.36. The van der Waals surface area contributed by atoms with Gasteiger partial charge in [0.2, 0.25) is 0 Å². The number of anilines is 2. The van der Waals surface area contributed by atoms with Crippen LogP contribution in [-0.4, -0.2) is 42.1 Å². The fourth-order valence-corrected chi connectivity index (χ4v) is 3.91. The first kappa shape index (κ1) is 17.9. The summed E-state index contributed by atoms with van der Waals surface area (Å²) in [7, 11) is 0. The maximum Gasteiger partial charge on any atom is 0.321 e. The zero-order chi connectivity index (χ0) is 18.8. The molecule has 0 saturated carbocycles. The standard InChI is InChI=1S/C20H18Cl2N4O/c21-17-12-23-13-18(22)19(17)25-7-9-26(10-8-25)20(27)24-16-6-5-14-3-1-2-4-15(14)11-16/h1-6,11-13H,7-10H2,(H,24,27). The first-order valence-electron chi connectivity index (χ1n) is 8.70. The van der Waals surface area contributed by atoms with Gasteiger partial charge in [-0.3, -0.25) is 4.98 Å². The Kier molecular flexibility index (Phi) is 5.05. The van der Waals surface area contributed by atoms with E-state index in [0.717, 1.165) is 22.1 Å². The fraction of sp³-hybridized carbons (Fsp3) is 0.200. The van der Waals surface area contributed by atoms with Crippen LogP contribution < -0.4 is 10.2 Å². The average molecular weight is 401 g/mol. The van der Waals surface area contributed by atoms with Gasteiger partial charge in [0.05, 0.1) is 15.7 Å². The quantitative estimate of drug-likeness (QED) is 0.665. The Morgan fingerprint density at radius 3 is 2.30 bits per heavy atom. The summed E-state index contributed by atoms with van der Waals surface area (Å²) in [6.07, 6.45) is 3.17. The number of hydrogen-bond acceptors (Lipinski definition) is 3. The normalized spacial score (nSPS) is 14.4. The number of halogens is 2. The van der Waals surface area contributed by atoms with E-state index in [2.05, 4.69) is 21.3 Å². The second-order valence-corrected chi connectivity index (χ2v) is 7.23. The number of hydrogen-bond donors (Lipinski definition) is 1. The van der Waals surface area contributed by atoms with Crippen LogP contribution in [-0.2, 0) is 0 Å². The number of rotatable bonds is 2. The molecule has 2 amide bonds. The minimum atomic E-state index is -0.100. The summed E-state index contributed by atoms with van der Waals surface area (Å²) in [4.78, 5) is 20.5. The lowest BCUT2D eigenvalue weighted by atomic mass is 10.1. The molecule has 1 fully saturated rings. The second-order valence-electron chi connectivity index (χ2n) is 6.42. The predicted molar refractivity (Wildman–Crippen MR) is 111 cm³/mol. The number of benzene rings is 2. The third-order valence-electron chi connectivity index (χ3n) is 4.71. The number of nitrogens with zero attached hydrogens (tertiary/aromatic N) is 3. The Morgan fingerprint density at radius 1 is 0.926 bits per heavy atom. The molecule has 0 radical (unpaired) electrons. The van der Waals surface area contributed by atoms with Gasteiger partial charge in [0, 0.05) is 44.3 Å². The molecule has 3 aromatic rings. The maximum atomic E-state index is 12.6. The summed E-state index contributed by atoms with van der Waals surface area (Å²) in [5, 5.41) is 6.28.